The van der Waals surface area contributed by atoms with Gasteiger partial charge in [-0.1, -0.05) is 18.2 Å². The number of piperidine rings is 1. The Labute approximate surface area is 287 Å². The number of hydrogen-bond acceptors (Lipinski definition) is 9. The van der Waals surface area contributed by atoms with Crippen LogP contribution in [0, 0.1) is 18.3 Å². The summed E-state index contributed by atoms with van der Waals surface area (Å²) in [5.41, 5.74) is 9.66. The van der Waals surface area contributed by atoms with Crippen LogP contribution in [0.15, 0.2) is 72.6 Å². The Morgan fingerprint density at radius 1 is 1.08 bits per heavy atom. The number of aryl methyl sites for hydroxylation is 1. The van der Waals surface area contributed by atoms with Crippen LogP contribution < -0.4 is 10.5 Å². The number of likely N-dealkylation sites (tertiary alicyclic amines) is 1. The molecule has 49 heavy (non-hydrogen) atoms. The number of hydrogen-bond donors (Lipinski definition) is 1. The summed E-state index contributed by atoms with van der Waals surface area (Å²) < 4.78 is 13.5. The Bertz CT molecular complexity index is 1900. The van der Waals surface area contributed by atoms with E-state index in [1.54, 1.807) is 6.20 Å². The smallest absolute Gasteiger partial charge is 0.264 e. The average Bonchev–Trinajstić information content (AvgIpc) is 3.48. The summed E-state index contributed by atoms with van der Waals surface area (Å²) >= 11 is 0. The molecule has 0 radical (unpaired) electrons. The quantitative estimate of drug-likeness (QED) is 0.205. The first kappa shape index (κ1) is 32.8. The highest BCUT2D eigenvalue weighted by Crippen LogP contribution is 2.37. The molecule has 11 nitrogen and oxygen atoms in total. The third kappa shape index (κ3) is 6.64. The zero-order chi connectivity index (χ0) is 34.1. The van der Waals surface area contributed by atoms with E-state index in [1.807, 2.05) is 77.0 Å². The van der Waals surface area contributed by atoms with Gasteiger partial charge < -0.3 is 20.1 Å². The summed E-state index contributed by atoms with van der Waals surface area (Å²) in [5.74, 6) is 2.46. The Balaban J connectivity index is 1.11. The van der Waals surface area contributed by atoms with Crippen molar-refractivity contribution in [1.29, 1.82) is 5.26 Å². The number of amides is 1. The van der Waals surface area contributed by atoms with Crippen LogP contribution in [0.3, 0.4) is 0 Å². The highest BCUT2D eigenvalue weighted by molar-refractivity contribution is 5.97. The normalized spacial score (nSPS) is 19.8. The molecule has 3 aliphatic rings. The summed E-state index contributed by atoms with van der Waals surface area (Å²) in [6.07, 6.45) is 7.11. The molecule has 0 aliphatic carbocycles. The minimum Gasteiger partial charge on any atom is -0.457 e. The molecule has 7 rings (SSSR count). The van der Waals surface area contributed by atoms with E-state index in [1.165, 1.54) is 0 Å². The van der Waals surface area contributed by atoms with Gasteiger partial charge in [-0.2, -0.15) is 5.26 Å². The van der Waals surface area contributed by atoms with Crippen LogP contribution in [-0.2, 0) is 9.53 Å². The molecule has 3 fully saturated rings. The number of ether oxygens (including phenoxy) is 2. The SMILES string of the molecule is Cc1cc(Oc2ccccc2)ccc1-c1nc([C@@H]2CCCN(C(=O)/C(C#N)=C/C(C)(C)N3CCN(C4COC4)CC3)C2)n2ccnc(N)c12. The number of anilines is 1. The minimum absolute atomic E-state index is 0.0433. The van der Waals surface area contributed by atoms with Crippen molar-refractivity contribution in [3.8, 4) is 28.8 Å². The molecule has 1 atom stereocenters. The van der Waals surface area contributed by atoms with E-state index in [-0.39, 0.29) is 17.4 Å². The molecular weight excluding hydrogens is 616 g/mol. The first-order valence-electron chi connectivity index (χ1n) is 17.2. The number of para-hydroxylation sites is 1. The van der Waals surface area contributed by atoms with Crippen LogP contribution >= 0.6 is 0 Å². The van der Waals surface area contributed by atoms with Crippen molar-refractivity contribution in [2.45, 2.75) is 51.1 Å². The van der Waals surface area contributed by atoms with Gasteiger partial charge in [0.15, 0.2) is 0 Å². The molecule has 3 saturated heterocycles. The Morgan fingerprint density at radius 3 is 2.55 bits per heavy atom. The van der Waals surface area contributed by atoms with Gasteiger partial charge >= 0.3 is 0 Å². The number of rotatable bonds is 8. The minimum atomic E-state index is -0.434. The van der Waals surface area contributed by atoms with E-state index < -0.39 is 5.54 Å². The molecule has 2 aromatic carbocycles. The van der Waals surface area contributed by atoms with Crippen molar-refractivity contribution < 1.29 is 14.3 Å². The van der Waals surface area contributed by atoms with Gasteiger partial charge in [-0.15, -0.1) is 0 Å². The second-order valence-electron chi connectivity index (χ2n) is 13.9. The fraction of sp³-hybridized carbons (Fsp3) is 0.421. The first-order valence-corrected chi connectivity index (χ1v) is 17.2. The lowest BCUT2D eigenvalue weighted by Gasteiger charge is -2.46. The molecule has 254 valence electrons. The number of aromatic nitrogens is 3. The van der Waals surface area contributed by atoms with Gasteiger partial charge in [-0.05, 0) is 75.6 Å². The van der Waals surface area contributed by atoms with Crippen molar-refractivity contribution in [1.82, 2.24) is 29.1 Å². The van der Waals surface area contributed by atoms with Gasteiger partial charge in [0.05, 0.1) is 19.3 Å². The number of nitrogens with two attached hydrogens (primary N) is 1. The number of nitriles is 1. The third-order valence-corrected chi connectivity index (χ3v) is 10.2. The molecule has 0 bridgehead atoms. The highest BCUT2D eigenvalue weighted by atomic mass is 16.5. The topological polar surface area (TPSA) is 125 Å². The van der Waals surface area contributed by atoms with E-state index in [2.05, 4.69) is 34.7 Å². The van der Waals surface area contributed by atoms with Gasteiger partial charge in [-0.25, -0.2) is 9.97 Å². The molecule has 0 unspecified atom stereocenters. The molecule has 11 heteroatoms. The maximum atomic E-state index is 13.9. The number of nitrogens with zero attached hydrogens (tertiary/aromatic N) is 7. The highest BCUT2D eigenvalue weighted by Gasteiger charge is 2.35. The third-order valence-electron chi connectivity index (χ3n) is 10.2. The molecule has 0 saturated carbocycles. The van der Waals surface area contributed by atoms with E-state index in [0.717, 1.165) is 91.9 Å². The predicted molar refractivity (Wildman–Crippen MR) is 188 cm³/mol. The van der Waals surface area contributed by atoms with Crippen molar-refractivity contribution in [3.63, 3.8) is 0 Å². The standard InChI is InChI=1S/C38H44N8O3/c1-26-20-31(49-30-9-5-4-6-10-30)11-12-32(26)33-34-35(40)41-13-15-46(34)36(42-33)27-8-7-14-44(23-27)37(47)28(22-39)21-38(2,3)45-18-16-43(17-19-45)29-24-48-25-29/h4-6,9-13,15,20-21,27,29H,7-8,14,16-19,23-25H2,1-3H3,(H2,40,41)/b28-21+/t27-/m1/s1. The zero-order valence-corrected chi connectivity index (χ0v) is 28.5. The molecular formula is C38H44N8O3. The maximum Gasteiger partial charge on any atom is 0.264 e. The summed E-state index contributed by atoms with van der Waals surface area (Å²) in [4.78, 5) is 30.2. The number of piperazine rings is 1. The predicted octanol–water partition coefficient (Wildman–Crippen LogP) is 5.03. The monoisotopic (exact) mass is 660 g/mol. The number of fused-ring (bicyclic) bond motifs is 1. The van der Waals surface area contributed by atoms with Gasteiger partial charge in [0.2, 0.25) is 0 Å². The van der Waals surface area contributed by atoms with Crippen LogP contribution in [0.1, 0.15) is 44.0 Å². The molecule has 1 amide bonds. The Hall–Kier alpha value is -4.76. The second-order valence-corrected chi connectivity index (χ2v) is 13.9. The van der Waals surface area contributed by atoms with Crippen molar-refractivity contribution in [2.24, 2.45) is 0 Å². The molecule has 4 aromatic rings. The summed E-state index contributed by atoms with van der Waals surface area (Å²) in [5, 5.41) is 10.2. The summed E-state index contributed by atoms with van der Waals surface area (Å²) in [7, 11) is 0. The average molecular weight is 661 g/mol. The first-order chi connectivity index (χ1) is 23.7. The Morgan fingerprint density at radius 2 is 1.86 bits per heavy atom. The number of benzene rings is 2. The van der Waals surface area contributed by atoms with Gasteiger partial charge in [0, 0.05) is 68.7 Å². The lowest BCUT2D eigenvalue weighted by Crippen LogP contribution is -2.59. The van der Waals surface area contributed by atoms with Crippen molar-refractivity contribution in [2.75, 3.05) is 58.2 Å². The van der Waals surface area contributed by atoms with Gasteiger partial charge in [0.25, 0.3) is 5.91 Å². The van der Waals surface area contributed by atoms with Crippen LogP contribution in [0.2, 0.25) is 0 Å². The summed E-state index contributed by atoms with van der Waals surface area (Å²) in [6, 6.07) is 18.4. The fourth-order valence-electron chi connectivity index (χ4n) is 7.38. The molecule has 0 spiro atoms. The van der Waals surface area contributed by atoms with Crippen LogP contribution in [-0.4, -0.2) is 99.0 Å². The fourth-order valence-corrected chi connectivity index (χ4v) is 7.38. The van der Waals surface area contributed by atoms with E-state index in [9.17, 15) is 10.1 Å². The largest absolute Gasteiger partial charge is 0.457 e. The van der Waals surface area contributed by atoms with Crippen molar-refractivity contribution in [3.05, 3.63) is 84.0 Å². The van der Waals surface area contributed by atoms with E-state index in [0.29, 0.717) is 24.9 Å². The van der Waals surface area contributed by atoms with Crippen LogP contribution in [0.25, 0.3) is 16.8 Å². The van der Waals surface area contributed by atoms with Gasteiger partial charge in [0.1, 0.15) is 46.0 Å². The second kappa shape index (κ2) is 13.6. The van der Waals surface area contributed by atoms with Crippen molar-refractivity contribution >= 4 is 17.2 Å². The van der Waals surface area contributed by atoms with E-state index in [4.69, 9.17) is 20.2 Å². The number of nitrogen functional groups attached to an aromatic ring is 1. The number of carbonyl (C=O) groups is 1. The maximum absolute atomic E-state index is 13.9. The Kier molecular flexibility index (Phi) is 9.11. The molecule has 2 aromatic heterocycles. The van der Waals surface area contributed by atoms with Crippen LogP contribution in [0.4, 0.5) is 5.82 Å². The number of imidazole rings is 1. The zero-order valence-electron chi connectivity index (χ0n) is 28.5. The lowest BCUT2D eigenvalue weighted by molar-refractivity contribution is -0.128. The number of carbonyl (C=O) groups excluding carboxylic acids is 1. The molecule has 3 aliphatic heterocycles. The summed E-state index contributed by atoms with van der Waals surface area (Å²) in [6.45, 7) is 12.6. The van der Waals surface area contributed by atoms with Gasteiger partial charge in [-0.3, -0.25) is 19.0 Å². The molecule has 2 N–H and O–H groups in total. The van der Waals surface area contributed by atoms with Crippen LogP contribution in [0.5, 0.6) is 11.5 Å². The van der Waals surface area contributed by atoms with E-state index >= 15 is 0 Å². The lowest BCUT2D eigenvalue weighted by atomic mass is 9.94. The molecule has 5 heterocycles.